The molecule has 1 aromatic heterocycles. The molecular weight excluding hydrogens is 352 g/mol. The molecule has 0 aliphatic carbocycles. The Hall–Kier alpha value is -1.79. The fourth-order valence-corrected chi connectivity index (χ4v) is 5.08. The number of rotatable bonds is 7. The minimum absolute atomic E-state index is 0.00667. The molecule has 3 rings (SSSR count). The molecule has 0 bridgehead atoms. The SMILES string of the molecule is CCCCc1cc2c(s1)SCC(=O)N2CC(=O)NCc1ccccc1. The molecule has 1 aliphatic heterocycles. The Morgan fingerprint density at radius 1 is 1.28 bits per heavy atom. The molecule has 4 nitrogen and oxygen atoms in total. The molecule has 0 saturated heterocycles. The number of hydrogen-bond acceptors (Lipinski definition) is 4. The van der Waals surface area contributed by atoms with Crippen molar-refractivity contribution in [2.24, 2.45) is 0 Å². The normalized spacial score (nSPS) is 13.6. The van der Waals surface area contributed by atoms with Crippen LogP contribution in [0.4, 0.5) is 5.69 Å². The summed E-state index contributed by atoms with van der Waals surface area (Å²) in [5.74, 6) is 0.288. The second kappa shape index (κ2) is 8.54. The molecule has 1 N–H and O–H groups in total. The Kier molecular flexibility index (Phi) is 6.15. The smallest absolute Gasteiger partial charge is 0.240 e. The molecule has 2 amide bonds. The Morgan fingerprint density at radius 3 is 2.84 bits per heavy atom. The first-order valence-electron chi connectivity index (χ1n) is 8.54. The highest BCUT2D eigenvalue weighted by Gasteiger charge is 2.28. The molecule has 132 valence electrons. The van der Waals surface area contributed by atoms with Crippen LogP contribution in [0.25, 0.3) is 0 Å². The van der Waals surface area contributed by atoms with Crippen molar-refractivity contribution in [1.82, 2.24) is 5.32 Å². The van der Waals surface area contributed by atoms with Crippen LogP contribution in [0, 0.1) is 0 Å². The van der Waals surface area contributed by atoms with Crippen molar-refractivity contribution >= 4 is 40.6 Å². The quantitative estimate of drug-likeness (QED) is 0.801. The summed E-state index contributed by atoms with van der Waals surface area (Å²) < 4.78 is 1.15. The van der Waals surface area contributed by atoms with Crippen LogP contribution in [0.5, 0.6) is 0 Å². The highest BCUT2D eigenvalue weighted by Crippen LogP contribution is 2.42. The molecule has 0 radical (unpaired) electrons. The van der Waals surface area contributed by atoms with Crippen molar-refractivity contribution in [3.8, 4) is 0 Å². The lowest BCUT2D eigenvalue weighted by Crippen LogP contribution is -2.42. The summed E-state index contributed by atoms with van der Waals surface area (Å²) in [6, 6.07) is 11.9. The van der Waals surface area contributed by atoms with Crippen molar-refractivity contribution in [2.45, 2.75) is 36.9 Å². The van der Waals surface area contributed by atoms with Crippen molar-refractivity contribution in [2.75, 3.05) is 17.2 Å². The number of nitrogens with one attached hydrogen (secondary N) is 1. The largest absolute Gasteiger partial charge is 0.350 e. The fraction of sp³-hybridized carbons (Fsp3) is 0.368. The number of amides is 2. The van der Waals surface area contributed by atoms with E-state index < -0.39 is 0 Å². The van der Waals surface area contributed by atoms with Crippen LogP contribution in [0.15, 0.2) is 40.6 Å². The molecule has 1 aliphatic rings. The maximum absolute atomic E-state index is 12.3. The van der Waals surface area contributed by atoms with Gasteiger partial charge in [-0.05, 0) is 24.5 Å². The molecule has 2 heterocycles. The minimum Gasteiger partial charge on any atom is -0.350 e. The third-order valence-electron chi connectivity index (χ3n) is 4.06. The zero-order valence-electron chi connectivity index (χ0n) is 14.3. The zero-order chi connectivity index (χ0) is 17.6. The number of carbonyl (C=O) groups is 2. The van der Waals surface area contributed by atoms with E-state index in [0.29, 0.717) is 12.3 Å². The summed E-state index contributed by atoms with van der Waals surface area (Å²) >= 11 is 3.34. The highest BCUT2D eigenvalue weighted by molar-refractivity contribution is 8.02. The van der Waals surface area contributed by atoms with Crippen LogP contribution in [0.3, 0.4) is 0 Å². The fourth-order valence-electron chi connectivity index (χ4n) is 2.69. The number of nitrogens with zero attached hydrogens (tertiary/aromatic N) is 1. The Labute approximate surface area is 156 Å². The van der Waals surface area contributed by atoms with E-state index in [4.69, 9.17) is 0 Å². The molecular formula is C19H22N2O2S2. The van der Waals surface area contributed by atoms with Crippen molar-refractivity contribution in [3.05, 3.63) is 46.8 Å². The number of fused-ring (bicyclic) bond motifs is 1. The van der Waals surface area contributed by atoms with Crippen LogP contribution in [-0.2, 0) is 22.6 Å². The molecule has 2 aromatic rings. The van der Waals surface area contributed by atoms with E-state index in [1.807, 2.05) is 30.3 Å². The average Bonchev–Trinajstić information content (AvgIpc) is 3.05. The van der Waals surface area contributed by atoms with Crippen LogP contribution >= 0.6 is 23.1 Å². The van der Waals surface area contributed by atoms with Gasteiger partial charge in [-0.1, -0.05) is 43.7 Å². The Balaban J connectivity index is 1.64. The number of unbranched alkanes of at least 4 members (excludes halogenated alkanes) is 1. The van der Waals surface area contributed by atoms with Gasteiger partial charge < -0.3 is 10.2 Å². The van der Waals surface area contributed by atoms with Gasteiger partial charge in [-0.3, -0.25) is 9.59 Å². The monoisotopic (exact) mass is 374 g/mol. The predicted octanol–water partition coefficient (Wildman–Crippen LogP) is 3.85. The average molecular weight is 375 g/mol. The van der Waals surface area contributed by atoms with Gasteiger partial charge in [0.05, 0.1) is 15.6 Å². The highest BCUT2D eigenvalue weighted by atomic mass is 32.2. The number of hydrogen-bond donors (Lipinski definition) is 1. The molecule has 0 saturated carbocycles. The molecule has 0 unspecified atom stereocenters. The van der Waals surface area contributed by atoms with Gasteiger partial charge in [0, 0.05) is 11.4 Å². The van der Waals surface area contributed by atoms with E-state index in [2.05, 4.69) is 18.3 Å². The topological polar surface area (TPSA) is 49.4 Å². The van der Waals surface area contributed by atoms with Gasteiger partial charge in [0.2, 0.25) is 11.8 Å². The van der Waals surface area contributed by atoms with E-state index in [9.17, 15) is 9.59 Å². The number of aryl methyl sites for hydroxylation is 1. The third kappa shape index (κ3) is 4.64. The Bertz CT molecular complexity index is 743. The summed E-state index contributed by atoms with van der Waals surface area (Å²) in [6.45, 7) is 2.74. The first-order chi connectivity index (χ1) is 12.2. The molecule has 25 heavy (non-hydrogen) atoms. The number of anilines is 1. The van der Waals surface area contributed by atoms with E-state index >= 15 is 0 Å². The number of thioether (sulfide) groups is 1. The third-order valence-corrected chi connectivity index (χ3v) is 6.51. The summed E-state index contributed by atoms with van der Waals surface area (Å²) in [5, 5.41) is 2.90. The molecule has 0 spiro atoms. The Morgan fingerprint density at radius 2 is 2.08 bits per heavy atom. The van der Waals surface area contributed by atoms with Gasteiger partial charge in [-0.15, -0.1) is 23.1 Å². The maximum atomic E-state index is 12.3. The summed E-state index contributed by atoms with van der Waals surface area (Å²) in [7, 11) is 0. The van der Waals surface area contributed by atoms with Gasteiger partial charge in [0.15, 0.2) is 0 Å². The first kappa shape index (κ1) is 18.0. The van der Waals surface area contributed by atoms with Crippen molar-refractivity contribution < 1.29 is 9.59 Å². The second-order valence-corrected chi connectivity index (χ2v) is 8.40. The minimum atomic E-state index is -0.128. The lowest BCUT2D eigenvalue weighted by atomic mass is 10.2. The summed E-state index contributed by atoms with van der Waals surface area (Å²) in [6.07, 6.45) is 3.34. The van der Waals surface area contributed by atoms with Crippen molar-refractivity contribution in [3.63, 3.8) is 0 Å². The van der Waals surface area contributed by atoms with Crippen LogP contribution < -0.4 is 10.2 Å². The lowest BCUT2D eigenvalue weighted by molar-refractivity contribution is -0.123. The summed E-state index contributed by atoms with van der Waals surface area (Å²) in [5.41, 5.74) is 1.96. The molecule has 1 aromatic carbocycles. The number of carbonyl (C=O) groups excluding carboxylic acids is 2. The first-order valence-corrected chi connectivity index (χ1v) is 10.3. The van der Waals surface area contributed by atoms with Crippen LogP contribution in [0.1, 0.15) is 30.2 Å². The predicted molar refractivity (Wildman–Crippen MR) is 104 cm³/mol. The lowest BCUT2D eigenvalue weighted by Gasteiger charge is -2.25. The maximum Gasteiger partial charge on any atom is 0.240 e. The molecule has 0 atom stereocenters. The molecule has 6 heteroatoms. The standard InChI is InChI=1S/C19H22N2O2S2/c1-2-3-9-15-10-16-19(25-15)24-13-18(23)21(16)12-17(22)20-11-14-7-5-4-6-8-14/h4-8,10H,2-3,9,11-13H2,1H3,(H,20,22). The van der Waals surface area contributed by atoms with Crippen LogP contribution in [-0.4, -0.2) is 24.1 Å². The summed E-state index contributed by atoms with van der Waals surface area (Å²) in [4.78, 5) is 27.6. The van der Waals surface area contributed by atoms with E-state index in [0.717, 1.165) is 34.7 Å². The van der Waals surface area contributed by atoms with E-state index in [-0.39, 0.29) is 18.4 Å². The van der Waals surface area contributed by atoms with Gasteiger partial charge in [-0.25, -0.2) is 0 Å². The van der Waals surface area contributed by atoms with Crippen LogP contribution in [0.2, 0.25) is 0 Å². The van der Waals surface area contributed by atoms with Gasteiger partial charge >= 0.3 is 0 Å². The second-order valence-electron chi connectivity index (χ2n) is 6.02. The van der Waals surface area contributed by atoms with E-state index in [1.54, 1.807) is 28.0 Å². The molecule has 0 fully saturated rings. The van der Waals surface area contributed by atoms with Gasteiger partial charge in [-0.2, -0.15) is 0 Å². The zero-order valence-corrected chi connectivity index (χ0v) is 15.9. The van der Waals surface area contributed by atoms with Gasteiger partial charge in [0.1, 0.15) is 6.54 Å². The van der Waals surface area contributed by atoms with Gasteiger partial charge in [0.25, 0.3) is 0 Å². The number of thiophene rings is 1. The van der Waals surface area contributed by atoms with E-state index in [1.165, 1.54) is 4.88 Å². The number of benzene rings is 1. The van der Waals surface area contributed by atoms with Crippen molar-refractivity contribution in [1.29, 1.82) is 0 Å².